The molecule has 0 fully saturated rings. The monoisotopic (exact) mass is 184 g/mol. The number of nitrogens with two attached hydrogens (primary N) is 1. The van der Waals surface area contributed by atoms with E-state index in [2.05, 4.69) is 5.32 Å². The minimum atomic E-state index is -0.0470. The summed E-state index contributed by atoms with van der Waals surface area (Å²) in [5, 5.41) is 6.47. The molecule has 1 rings (SSSR count). The van der Waals surface area contributed by atoms with Gasteiger partial charge in [-0.05, 0) is 18.4 Å². The zero-order chi connectivity index (χ0) is 8.97. The molecule has 1 atom stereocenters. The molecule has 66 valence electrons. The number of rotatable bonds is 3. The molecule has 0 aromatic carbocycles. The van der Waals surface area contributed by atoms with Gasteiger partial charge in [0.05, 0.1) is 0 Å². The second kappa shape index (κ2) is 4.23. The van der Waals surface area contributed by atoms with Gasteiger partial charge in [-0.1, -0.05) is 0 Å². The van der Waals surface area contributed by atoms with Crippen LogP contribution in [0, 0.1) is 0 Å². The molecule has 1 unspecified atom stereocenters. The van der Waals surface area contributed by atoms with Crippen molar-refractivity contribution in [2.24, 2.45) is 5.73 Å². The Morgan fingerprint density at radius 2 is 2.58 bits per heavy atom. The van der Waals surface area contributed by atoms with Crippen LogP contribution in [0.15, 0.2) is 16.8 Å². The molecule has 1 amide bonds. The fourth-order valence-electron chi connectivity index (χ4n) is 0.760. The Kier molecular flexibility index (Phi) is 3.25. The number of hydrogen-bond donors (Lipinski definition) is 2. The van der Waals surface area contributed by atoms with Crippen LogP contribution in [0.3, 0.4) is 0 Å². The van der Waals surface area contributed by atoms with E-state index in [-0.39, 0.29) is 11.9 Å². The fourth-order valence-corrected chi connectivity index (χ4v) is 1.40. The van der Waals surface area contributed by atoms with E-state index >= 15 is 0 Å². The molecule has 0 saturated heterocycles. The standard InChI is InChI=1S/C8H12N2OS/c1-6(4-9)10-8(11)7-2-3-12-5-7/h2-3,5-6H,4,9H2,1H3,(H,10,11). The molecule has 0 bridgehead atoms. The first-order valence-corrected chi connectivity index (χ1v) is 4.71. The molecule has 12 heavy (non-hydrogen) atoms. The van der Waals surface area contributed by atoms with E-state index in [9.17, 15) is 4.79 Å². The SMILES string of the molecule is CC(CN)NC(=O)c1ccsc1. The van der Waals surface area contributed by atoms with Crippen molar-refractivity contribution in [1.82, 2.24) is 5.32 Å². The van der Waals surface area contributed by atoms with Gasteiger partial charge in [-0.25, -0.2) is 0 Å². The van der Waals surface area contributed by atoms with E-state index < -0.39 is 0 Å². The third-order valence-corrected chi connectivity index (χ3v) is 2.20. The largest absolute Gasteiger partial charge is 0.348 e. The van der Waals surface area contributed by atoms with Crippen LogP contribution in [-0.4, -0.2) is 18.5 Å². The topological polar surface area (TPSA) is 55.1 Å². The molecule has 0 aliphatic carbocycles. The lowest BCUT2D eigenvalue weighted by atomic mass is 10.3. The Hall–Kier alpha value is -0.870. The Morgan fingerprint density at radius 3 is 3.08 bits per heavy atom. The fraction of sp³-hybridized carbons (Fsp3) is 0.375. The minimum absolute atomic E-state index is 0.0393. The third-order valence-electron chi connectivity index (χ3n) is 1.51. The number of carbonyl (C=O) groups is 1. The van der Waals surface area contributed by atoms with Gasteiger partial charge in [0.25, 0.3) is 5.91 Å². The van der Waals surface area contributed by atoms with Gasteiger partial charge in [-0.2, -0.15) is 11.3 Å². The van der Waals surface area contributed by atoms with Crippen molar-refractivity contribution in [3.05, 3.63) is 22.4 Å². The van der Waals surface area contributed by atoms with E-state index in [1.165, 1.54) is 11.3 Å². The highest BCUT2D eigenvalue weighted by molar-refractivity contribution is 7.08. The van der Waals surface area contributed by atoms with Crippen LogP contribution in [0.4, 0.5) is 0 Å². The number of amides is 1. The summed E-state index contributed by atoms with van der Waals surface area (Å²) in [6, 6.07) is 1.83. The lowest BCUT2D eigenvalue weighted by Crippen LogP contribution is -2.37. The first-order chi connectivity index (χ1) is 5.74. The van der Waals surface area contributed by atoms with Crippen molar-refractivity contribution in [3.63, 3.8) is 0 Å². The van der Waals surface area contributed by atoms with Crippen LogP contribution in [0.25, 0.3) is 0 Å². The van der Waals surface area contributed by atoms with E-state index in [1.807, 2.05) is 17.7 Å². The van der Waals surface area contributed by atoms with E-state index in [0.29, 0.717) is 12.1 Å². The molecule has 3 N–H and O–H groups in total. The van der Waals surface area contributed by atoms with E-state index in [0.717, 1.165) is 0 Å². The van der Waals surface area contributed by atoms with Gasteiger partial charge < -0.3 is 11.1 Å². The van der Waals surface area contributed by atoms with Crippen molar-refractivity contribution in [2.45, 2.75) is 13.0 Å². The summed E-state index contributed by atoms with van der Waals surface area (Å²) < 4.78 is 0. The minimum Gasteiger partial charge on any atom is -0.348 e. The highest BCUT2D eigenvalue weighted by Crippen LogP contribution is 2.05. The molecule has 1 aromatic heterocycles. The van der Waals surface area contributed by atoms with Gasteiger partial charge in [-0.15, -0.1) is 0 Å². The quantitative estimate of drug-likeness (QED) is 0.731. The van der Waals surface area contributed by atoms with Crippen molar-refractivity contribution in [2.75, 3.05) is 6.54 Å². The predicted octanol–water partition coefficient (Wildman–Crippen LogP) is 0.825. The average Bonchev–Trinajstić information content (AvgIpc) is 2.56. The van der Waals surface area contributed by atoms with Gasteiger partial charge in [0.1, 0.15) is 0 Å². The zero-order valence-corrected chi connectivity index (χ0v) is 7.73. The van der Waals surface area contributed by atoms with Gasteiger partial charge in [0.15, 0.2) is 0 Å². The summed E-state index contributed by atoms with van der Waals surface area (Å²) in [5.41, 5.74) is 6.07. The Labute approximate surface area is 75.6 Å². The van der Waals surface area contributed by atoms with Crippen LogP contribution >= 0.6 is 11.3 Å². The van der Waals surface area contributed by atoms with Crippen molar-refractivity contribution < 1.29 is 4.79 Å². The molecular weight excluding hydrogens is 172 g/mol. The summed E-state index contributed by atoms with van der Waals surface area (Å²) in [6.07, 6.45) is 0. The number of carbonyl (C=O) groups excluding carboxylic acids is 1. The van der Waals surface area contributed by atoms with Gasteiger partial charge >= 0.3 is 0 Å². The summed E-state index contributed by atoms with van der Waals surface area (Å²) >= 11 is 1.51. The van der Waals surface area contributed by atoms with Crippen molar-refractivity contribution in [3.8, 4) is 0 Å². The molecule has 3 nitrogen and oxygen atoms in total. The summed E-state index contributed by atoms with van der Waals surface area (Å²) in [7, 11) is 0. The van der Waals surface area contributed by atoms with Crippen LogP contribution in [0.2, 0.25) is 0 Å². The average molecular weight is 184 g/mol. The van der Waals surface area contributed by atoms with E-state index in [4.69, 9.17) is 5.73 Å². The van der Waals surface area contributed by atoms with Crippen molar-refractivity contribution >= 4 is 17.2 Å². The molecule has 0 radical (unpaired) electrons. The van der Waals surface area contributed by atoms with Gasteiger partial charge in [0, 0.05) is 23.5 Å². The number of nitrogens with one attached hydrogen (secondary N) is 1. The maximum absolute atomic E-state index is 11.3. The Bertz CT molecular complexity index is 246. The zero-order valence-electron chi connectivity index (χ0n) is 6.91. The first-order valence-electron chi connectivity index (χ1n) is 3.77. The molecular formula is C8H12N2OS. The van der Waals surface area contributed by atoms with Crippen LogP contribution in [0.1, 0.15) is 17.3 Å². The van der Waals surface area contributed by atoms with Crippen LogP contribution in [-0.2, 0) is 0 Å². The second-order valence-corrected chi connectivity index (χ2v) is 3.40. The molecule has 1 heterocycles. The Balaban J connectivity index is 2.50. The highest BCUT2D eigenvalue weighted by Gasteiger charge is 2.07. The molecule has 0 aliphatic rings. The van der Waals surface area contributed by atoms with E-state index in [1.54, 1.807) is 6.07 Å². The van der Waals surface area contributed by atoms with Crippen LogP contribution < -0.4 is 11.1 Å². The molecule has 0 saturated carbocycles. The van der Waals surface area contributed by atoms with Gasteiger partial charge in [-0.3, -0.25) is 4.79 Å². The lowest BCUT2D eigenvalue weighted by molar-refractivity contribution is 0.0942. The number of thiophene rings is 1. The third kappa shape index (κ3) is 2.32. The first kappa shape index (κ1) is 9.22. The van der Waals surface area contributed by atoms with Crippen LogP contribution in [0.5, 0.6) is 0 Å². The molecule has 0 spiro atoms. The lowest BCUT2D eigenvalue weighted by Gasteiger charge is -2.09. The highest BCUT2D eigenvalue weighted by atomic mass is 32.1. The second-order valence-electron chi connectivity index (χ2n) is 2.62. The predicted molar refractivity (Wildman–Crippen MR) is 50.3 cm³/mol. The molecule has 0 aliphatic heterocycles. The summed E-state index contributed by atoms with van der Waals surface area (Å²) in [5.74, 6) is -0.0470. The smallest absolute Gasteiger partial charge is 0.252 e. The Morgan fingerprint density at radius 1 is 1.83 bits per heavy atom. The summed E-state index contributed by atoms with van der Waals surface area (Å²) in [4.78, 5) is 11.3. The normalized spacial score (nSPS) is 12.5. The summed E-state index contributed by atoms with van der Waals surface area (Å²) in [6.45, 7) is 2.35. The maximum Gasteiger partial charge on any atom is 0.252 e. The van der Waals surface area contributed by atoms with Gasteiger partial charge in [0.2, 0.25) is 0 Å². The number of hydrogen-bond acceptors (Lipinski definition) is 3. The molecule has 1 aromatic rings. The van der Waals surface area contributed by atoms with Crippen molar-refractivity contribution in [1.29, 1.82) is 0 Å². The molecule has 4 heteroatoms. The maximum atomic E-state index is 11.3.